The van der Waals surface area contributed by atoms with Crippen molar-refractivity contribution in [1.29, 1.82) is 0 Å². The van der Waals surface area contributed by atoms with Crippen LogP contribution in [0.5, 0.6) is 0 Å². The van der Waals surface area contributed by atoms with E-state index in [4.69, 9.17) is 11.6 Å². The number of aliphatic hydroxyl groups is 1. The van der Waals surface area contributed by atoms with Crippen molar-refractivity contribution < 1.29 is 9.90 Å². The summed E-state index contributed by atoms with van der Waals surface area (Å²) >= 11 is 6.17. The zero-order valence-electron chi connectivity index (χ0n) is 11.6. The third-order valence-electron chi connectivity index (χ3n) is 3.79. The molecule has 0 saturated carbocycles. The summed E-state index contributed by atoms with van der Waals surface area (Å²) in [5.74, 6) is 0.0857. The van der Waals surface area contributed by atoms with Crippen LogP contribution in [0.15, 0.2) is 0 Å². The number of carbonyl (C=O) groups is 1. The SMILES string of the molecule is CCc1nn(C)c(Cl)c1C(=O)N1CCC(C(C)O)C1. The van der Waals surface area contributed by atoms with Crippen LogP contribution in [0.25, 0.3) is 0 Å². The number of halogens is 1. The molecule has 106 valence electrons. The predicted octanol–water partition coefficient (Wildman–Crippen LogP) is 1.48. The van der Waals surface area contributed by atoms with Crippen LogP contribution in [-0.4, -0.2) is 44.9 Å². The average Bonchev–Trinajstić information content (AvgIpc) is 2.95. The summed E-state index contributed by atoms with van der Waals surface area (Å²) < 4.78 is 1.54. The first-order valence-corrected chi connectivity index (χ1v) is 7.02. The van der Waals surface area contributed by atoms with E-state index in [-0.39, 0.29) is 17.9 Å². The molecule has 2 heterocycles. The third kappa shape index (κ3) is 2.62. The van der Waals surface area contributed by atoms with Gasteiger partial charge in [-0.3, -0.25) is 9.48 Å². The fourth-order valence-electron chi connectivity index (χ4n) is 2.54. The minimum Gasteiger partial charge on any atom is -0.393 e. The molecule has 1 fully saturated rings. The molecule has 2 atom stereocenters. The van der Waals surface area contributed by atoms with Crippen molar-refractivity contribution in [2.75, 3.05) is 13.1 Å². The van der Waals surface area contributed by atoms with E-state index >= 15 is 0 Å². The van der Waals surface area contributed by atoms with Gasteiger partial charge in [-0.25, -0.2) is 0 Å². The van der Waals surface area contributed by atoms with Gasteiger partial charge in [-0.1, -0.05) is 18.5 Å². The highest BCUT2D eigenvalue weighted by Gasteiger charge is 2.32. The van der Waals surface area contributed by atoms with Crippen LogP contribution in [0.2, 0.25) is 5.15 Å². The largest absolute Gasteiger partial charge is 0.393 e. The monoisotopic (exact) mass is 285 g/mol. The molecule has 1 aliphatic heterocycles. The number of rotatable bonds is 3. The molecule has 0 aliphatic carbocycles. The van der Waals surface area contributed by atoms with E-state index in [1.165, 1.54) is 4.68 Å². The molecule has 5 nitrogen and oxygen atoms in total. The van der Waals surface area contributed by atoms with Crippen molar-refractivity contribution in [2.24, 2.45) is 13.0 Å². The maximum Gasteiger partial charge on any atom is 0.258 e. The lowest BCUT2D eigenvalue weighted by Gasteiger charge is -2.17. The molecule has 19 heavy (non-hydrogen) atoms. The van der Waals surface area contributed by atoms with Gasteiger partial charge in [0.2, 0.25) is 0 Å². The van der Waals surface area contributed by atoms with Crippen LogP contribution in [0.3, 0.4) is 0 Å². The van der Waals surface area contributed by atoms with Crippen LogP contribution >= 0.6 is 11.6 Å². The number of likely N-dealkylation sites (tertiary alicyclic amines) is 1. The summed E-state index contributed by atoms with van der Waals surface area (Å²) in [5, 5.41) is 14.3. The molecule has 1 aliphatic rings. The second-order valence-corrected chi connectivity index (χ2v) is 5.49. The van der Waals surface area contributed by atoms with E-state index in [1.807, 2.05) is 6.92 Å². The van der Waals surface area contributed by atoms with Gasteiger partial charge in [-0.2, -0.15) is 5.10 Å². The van der Waals surface area contributed by atoms with Crippen molar-refractivity contribution in [3.05, 3.63) is 16.4 Å². The standard InChI is InChI=1S/C13H20ClN3O2/c1-4-10-11(12(14)16(3)15-10)13(19)17-6-5-9(7-17)8(2)18/h8-9,18H,4-7H2,1-3H3. The Hall–Kier alpha value is -1.07. The molecule has 2 unspecified atom stereocenters. The van der Waals surface area contributed by atoms with Crippen molar-refractivity contribution >= 4 is 17.5 Å². The maximum absolute atomic E-state index is 12.5. The van der Waals surface area contributed by atoms with Gasteiger partial charge >= 0.3 is 0 Å². The van der Waals surface area contributed by atoms with E-state index in [2.05, 4.69) is 5.10 Å². The molecule has 0 aromatic carbocycles. The number of carbonyl (C=O) groups excluding carboxylic acids is 1. The quantitative estimate of drug-likeness (QED) is 0.915. The molecule has 1 amide bonds. The number of hydrogen-bond acceptors (Lipinski definition) is 3. The first-order valence-electron chi connectivity index (χ1n) is 6.64. The van der Waals surface area contributed by atoms with Gasteiger partial charge in [0, 0.05) is 26.1 Å². The van der Waals surface area contributed by atoms with E-state index in [1.54, 1.807) is 18.9 Å². The maximum atomic E-state index is 12.5. The lowest BCUT2D eigenvalue weighted by Crippen LogP contribution is -2.31. The molecule has 0 spiro atoms. The number of hydrogen-bond donors (Lipinski definition) is 1. The summed E-state index contributed by atoms with van der Waals surface area (Å²) in [7, 11) is 1.74. The first-order chi connectivity index (χ1) is 8.95. The molecule has 1 aromatic heterocycles. The molecular weight excluding hydrogens is 266 g/mol. The Bertz CT molecular complexity index is 484. The minimum atomic E-state index is -0.382. The van der Waals surface area contributed by atoms with E-state index in [0.29, 0.717) is 30.2 Å². The zero-order valence-corrected chi connectivity index (χ0v) is 12.3. The summed E-state index contributed by atoms with van der Waals surface area (Å²) in [4.78, 5) is 14.3. The number of nitrogens with zero attached hydrogens (tertiary/aromatic N) is 3. The average molecular weight is 286 g/mol. The van der Waals surface area contributed by atoms with Gasteiger partial charge in [-0.05, 0) is 19.8 Å². The second kappa shape index (κ2) is 5.51. The smallest absolute Gasteiger partial charge is 0.258 e. The van der Waals surface area contributed by atoms with Crippen molar-refractivity contribution in [3.8, 4) is 0 Å². The van der Waals surface area contributed by atoms with Gasteiger partial charge in [0.1, 0.15) is 5.15 Å². The van der Waals surface area contributed by atoms with Gasteiger partial charge in [-0.15, -0.1) is 0 Å². The Morgan fingerprint density at radius 2 is 2.32 bits per heavy atom. The van der Waals surface area contributed by atoms with E-state index in [9.17, 15) is 9.90 Å². The third-order valence-corrected chi connectivity index (χ3v) is 4.23. The minimum absolute atomic E-state index is 0.0712. The highest BCUT2D eigenvalue weighted by atomic mass is 35.5. The molecule has 2 rings (SSSR count). The van der Waals surface area contributed by atoms with Crippen molar-refractivity contribution in [3.63, 3.8) is 0 Å². The highest BCUT2D eigenvalue weighted by molar-refractivity contribution is 6.33. The molecule has 1 saturated heterocycles. The number of aliphatic hydroxyl groups excluding tert-OH is 1. The lowest BCUT2D eigenvalue weighted by atomic mass is 10.0. The van der Waals surface area contributed by atoms with Crippen LogP contribution < -0.4 is 0 Å². The Morgan fingerprint density at radius 3 is 2.84 bits per heavy atom. The molecule has 0 radical (unpaired) electrons. The highest BCUT2D eigenvalue weighted by Crippen LogP contribution is 2.26. The Kier molecular flexibility index (Phi) is 4.16. The van der Waals surface area contributed by atoms with Gasteiger partial charge in [0.15, 0.2) is 0 Å². The van der Waals surface area contributed by atoms with Crippen molar-refractivity contribution in [1.82, 2.24) is 14.7 Å². The summed E-state index contributed by atoms with van der Waals surface area (Å²) in [6.07, 6.45) is 1.13. The molecule has 0 bridgehead atoms. The predicted molar refractivity (Wildman–Crippen MR) is 73.3 cm³/mol. The summed E-state index contributed by atoms with van der Waals surface area (Å²) in [5.41, 5.74) is 1.25. The van der Waals surface area contributed by atoms with Gasteiger partial charge < -0.3 is 10.0 Å². The van der Waals surface area contributed by atoms with E-state index < -0.39 is 0 Å². The summed E-state index contributed by atoms with van der Waals surface area (Å²) in [6, 6.07) is 0. The molecule has 1 N–H and O–H groups in total. The topological polar surface area (TPSA) is 58.4 Å². The number of amides is 1. The van der Waals surface area contributed by atoms with Crippen molar-refractivity contribution in [2.45, 2.75) is 32.8 Å². The van der Waals surface area contributed by atoms with Crippen LogP contribution in [0.1, 0.15) is 36.3 Å². The van der Waals surface area contributed by atoms with Crippen LogP contribution in [0, 0.1) is 5.92 Å². The number of aryl methyl sites for hydroxylation is 2. The Morgan fingerprint density at radius 1 is 1.63 bits per heavy atom. The van der Waals surface area contributed by atoms with Gasteiger partial charge in [0.05, 0.1) is 17.4 Å². The fraction of sp³-hybridized carbons (Fsp3) is 0.692. The fourth-order valence-corrected chi connectivity index (χ4v) is 2.77. The lowest BCUT2D eigenvalue weighted by molar-refractivity contribution is 0.0761. The Balaban J connectivity index is 2.21. The second-order valence-electron chi connectivity index (χ2n) is 5.13. The molecule has 1 aromatic rings. The first kappa shape index (κ1) is 14.3. The zero-order chi connectivity index (χ0) is 14.2. The molecule has 6 heteroatoms. The van der Waals surface area contributed by atoms with E-state index in [0.717, 1.165) is 12.1 Å². The van der Waals surface area contributed by atoms with Gasteiger partial charge in [0.25, 0.3) is 5.91 Å². The summed E-state index contributed by atoms with van der Waals surface area (Å²) in [6.45, 7) is 4.98. The Labute approximate surface area is 118 Å². The van der Waals surface area contributed by atoms with Crippen LogP contribution in [-0.2, 0) is 13.5 Å². The molecular formula is C13H20ClN3O2. The van der Waals surface area contributed by atoms with Crippen LogP contribution in [0.4, 0.5) is 0 Å². The number of aromatic nitrogens is 2. The normalized spacial score (nSPS) is 20.9.